The third kappa shape index (κ3) is 3.66. The van der Waals surface area contributed by atoms with Crippen molar-refractivity contribution in [2.75, 3.05) is 0 Å². The van der Waals surface area contributed by atoms with Gasteiger partial charge in [0, 0.05) is 4.88 Å². The van der Waals surface area contributed by atoms with Crippen LogP contribution in [-0.4, -0.2) is 11.3 Å². The van der Waals surface area contributed by atoms with Crippen molar-refractivity contribution in [3.8, 4) is 0 Å². The monoisotopic (exact) mass is 274 g/mol. The Morgan fingerprint density at radius 2 is 2.08 bits per heavy atom. The third-order valence-corrected chi connectivity index (χ3v) is 3.07. The molecule has 0 amide bonds. The molecule has 13 heavy (non-hydrogen) atoms. The maximum atomic E-state index is 11.8. The van der Waals surface area contributed by atoms with Gasteiger partial charge >= 0.3 is 6.18 Å². The predicted octanol–water partition coefficient (Wildman–Crippen LogP) is 3.50. The predicted molar refractivity (Wildman–Crippen MR) is 47.7 cm³/mol. The number of alkyl halides is 3. The summed E-state index contributed by atoms with van der Waals surface area (Å²) in [5, 5.41) is 9.14. The average Bonchev–Trinajstić information content (AvgIpc) is 2.31. The smallest absolute Gasteiger partial charge is 0.387 e. The second-order valence-corrected chi connectivity index (χ2v) is 4.97. The summed E-state index contributed by atoms with van der Waals surface area (Å²) in [7, 11) is 0. The van der Waals surface area contributed by atoms with Gasteiger partial charge in [-0.1, -0.05) is 0 Å². The van der Waals surface area contributed by atoms with Gasteiger partial charge in [0.2, 0.25) is 0 Å². The van der Waals surface area contributed by atoms with E-state index in [0.717, 1.165) is 11.3 Å². The van der Waals surface area contributed by atoms with Crippen LogP contribution in [0.2, 0.25) is 0 Å². The Morgan fingerprint density at radius 1 is 1.46 bits per heavy atom. The minimum Gasteiger partial charge on any atom is -0.387 e. The van der Waals surface area contributed by atoms with E-state index in [-0.39, 0.29) is 0 Å². The highest BCUT2D eigenvalue weighted by Crippen LogP contribution is 2.34. The highest BCUT2D eigenvalue weighted by Gasteiger charge is 2.32. The average molecular weight is 275 g/mol. The summed E-state index contributed by atoms with van der Waals surface area (Å²) in [6.07, 6.45) is -6.97. The molecular formula is C7H6BrF3OS. The SMILES string of the molecule is OC(CC(F)(F)F)c1ccc(Br)s1. The Morgan fingerprint density at radius 3 is 2.46 bits per heavy atom. The maximum absolute atomic E-state index is 11.8. The summed E-state index contributed by atoms with van der Waals surface area (Å²) in [6.45, 7) is 0. The van der Waals surface area contributed by atoms with Crippen molar-refractivity contribution in [2.24, 2.45) is 0 Å². The molecule has 1 rings (SSSR count). The van der Waals surface area contributed by atoms with Gasteiger partial charge in [0.25, 0.3) is 0 Å². The summed E-state index contributed by atoms with van der Waals surface area (Å²) in [5.41, 5.74) is 0. The molecule has 0 aromatic carbocycles. The molecule has 1 heterocycles. The van der Waals surface area contributed by atoms with Crippen molar-refractivity contribution in [3.63, 3.8) is 0 Å². The molecule has 74 valence electrons. The number of hydrogen-bond donors (Lipinski definition) is 1. The summed E-state index contributed by atoms with van der Waals surface area (Å²) >= 11 is 4.21. The van der Waals surface area contributed by atoms with Crippen LogP contribution in [0.3, 0.4) is 0 Å². The lowest BCUT2D eigenvalue weighted by Crippen LogP contribution is -2.12. The van der Waals surface area contributed by atoms with Crippen molar-refractivity contribution in [3.05, 3.63) is 20.8 Å². The van der Waals surface area contributed by atoms with Crippen molar-refractivity contribution in [2.45, 2.75) is 18.7 Å². The minimum absolute atomic E-state index is 0.323. The van der Waals surface area contributed by atoms with Crippen molar-refractivity contribution < 1.29 is 18.3 Å². The normalized spacial score (nSPS) is 14.5. The topological polar surface area (TPSA) is 20.2 Å². The molecule has 0 aliphatic carbocycles. The quantitative estimate of drug-likeness (QED) is 0.875. The number of aliphatic hydroxyl groups excluding tert-OH is 1. The van der Waals surface area contributed by atoms with Crippen LogP contribution in [0.25, 0.3) is 0 Å². The maximum Gasteiger partial charge on any atom is 0.391 e. The first kappa shape index (κ1) is 11.0. The van der Waals surface area contributed by atoms with Gasteiger partial charge in [-0.25, -0.2) is 0 Å². The highest BCUT2D eigenvalue weighted by atomic mass is 79.9. The molecule has 1 atom stereocenters. The molecule has 0 spiro atoms. The first-order chi connectivity index (χ1) is 5.88. The Bertz CT molecular complexity index is 284. The van der Waals surface area contributed by atoms with Gasteiger partial charge in [0.05, 0.1) is 16.3 Å². The number of hydrogen-bond acceptors (Lipinski definition) is 2. The van der Waals surface area contributed by atoms with Gasteiger partial charge in [0.1, 0.15) is 0 Å². The summed E-state index contributed by atoms with van der Waals surface area (Å²) < 4.78 is 36.2. The van der Waals surface area contributed by atoms with Crippen LogP contribution in [-0.2, 0) is 0 Å². The zero-order chi connectivity index (χ0) is 10.1. The molecule has 1 nitrogen and oxygen atoms in total. The van der Waals surface area contributed by atoms with Crippen LogP contribution in [0.15, 0.2) is 15.9 Å². The number of halogens is 4. The second-order valence-electron chi connectivity index (χ2n) is 2.48. The van der Waals surface area contributed by atoms with Gasteiger partial charge in [-0.3, -0.25) is 0 Å². The van der Waals surface area contributed by atoms with Crippen molar-refractivity contribution >= 4 is 27.3 Å². The highest BCUT2D eigenvalue weighted by molar-refractivity contribution is 9.11. The molecule has 6 heteroatoms. The van der Waals surface area contributed by atoms with Gasteiger partial charge < -0.3 is 5.11 Å². The van der Waals surface area contributed by atoms with E-state index in [9.17, 15) is 13.2 Å². The van der Waals surface area contributed by atoms with E-state index in [0.29, 0.717) is 8.66 Å². The molecule has 1 aromatic rings. The molecule has 1 N–H and O–H groups in total. The largest absolute Gasteiger partial charge is 0.391 e. The molecule has 0 aliphatic rings. The van der Waals surface area contributed by atoms with E-state index < -0.39 is 18.7 Å². The molecule has 0 bridgehead atoms. The fourth-order valence-electron chi connectivity index (χ4n) is 0.827. The van der Waals surface area contributed by atoms with Crippen LogP contribution >= 0.6 is 27.3 Å². The first-order valence-electron chi connectivity index (χ1n) is 3.38. The van der Waals surface area contributed by atoms with Crippen LogP contribution in [0.5, 0.6) is 0 Å². The van der Waals surface area contributed by atoms with E-state index in [1.807, 2.05) is 0 Å². The molecule has 1 unspecified atom stereocenters. The lowest BCUT2D eigenvalue weighted by atomic mass is 10.2. The Hall–Kier alpha value is -0.0700. The van der Waals surface area contributed by atoms with E-state index in [1.54, 1.807) is 6.07 Å². The summed E-state index contributed by atoms with van der Waals surface area (Å²) in [4.78, 5) is 0.323. The third-order valence-electron chi connectivity index (χ3n) is 1.35. The molecule has 0 radical (unpaired) electrons. The van der Waals surface area contributed by atoms with E-state index >= 15 is 0 Å². The fraction of sp³-hybridized carbons (Fsp3) is 0.429. The van der Waals surface area contributed by atoms with E-state index in [2.05, 4.69) is 15.9 Å². The number of thiophene rings is 1. The molecule has 0 fully saturated rings. The Kier molecular flexibility index (Phi) is 3.37. The first-order valence-corrected chi connectivity index (χ1v) is 4.99. The fourth-order valence-corrected chi connectivity index (χ4v) is 2.24. The Balaban J connectivity index is 2.64. The summed E-state index contributed by atoms with van der Waals surface area (Å²) in [5.74, 6) is 0. The Labute approximate surface area is 85.3 Å². The van der Waals surface area contributed by atoms with Crippen LogP contribution in [0.4, 0.5) is 13.2 Å². The van der Waals surface area contributed by atoms with Gasteiger partial charge in [-0.2, -0.15) is 13.2 Å². The number of rotatable bonds is 2. The van der Waals surface area contributed by atoms with Crippen LogP contribution in [0, 0.1) is 0 Å². The molecule has 0 aliphatic heterocycles. The van der Waals surface area contributed by atoms with Gasteiger partial charge in [-0.05, 0) is 28.1 Å². The zero-order valence-electron chi connectivity index (χ0n) is 6.31. The lowest BCUT2D eigenvalue weighted by molar-refractivity contribution is -0.153. The standard InChI is InChI=1S/C7H6BrF3OS/c8-6-2-1-5(13-6)4(12)3-7(9,10)11/h1-2,4,12H,3H2. The van der Waals surface area contributed by atoms with Crippen molar-refractivity contribution in [1.82, 2.24) is 0 Å². The van der Waals surface area contributed by atoms with Crippen LogP contribution < -0.4 is 0 Å². The van der Waals surface area contributed by atoms with Gasteiger partial charge in [-0.15, -0.1) is 11.3 Å². The number of aliphatic hydroxyl groups is 1. The molecule has 0 saturated heterocycles. The van der Waals surface area contributed by atoms with Crippen LogP contribution in [0.1, 0.15) is 17.4 Å². The lowest BCUT2D eigenvalue weighted by Gasteiger charge is -2.10. The minimum atomic E-state index is -4.32. The molecule has 0 saturated carbocycles. The van der Waals surface area contributed by atoms with E-state index in [1.165, 1.54) is 6.07 Å². The molecular weight excluding hydrogens is 269 g/mol. The summed E-state index contributed by atoms with van der Waals surface area (Å²) in [6, 6.07) is 3.09. The molecule has 1 aromatic heterocycles. The zero-order valence-corrected chi connectivity index (χ0v) is 8.71. The second kappa shape index (κ2) is 3.98. The van der Waals surface area contributed by atoms with Crippen molar-refractivity contribution in [1.29, 1.82) is 0 Å². The van der Waals surface area contributed by atoms with Gasteiger partial charge in [0.15, 0.2) is 0 Å². The van der Waals surface area contributed by atoms with E-state index in [4.69, 9.17) is 5.11 Å².